The summed E-state index contributed by atoms with van der Waals surface area (Å²) in [5, 5.41) is 14.9. The number of ether oxygens (including phenoxy) is 1. The van der Waals surface area contributed by atoms with E-state index >= 15 is 0 Å². The number of nitrogens with zero attached hydrogens (tertiary/aromatic N) is 4. The molecule has 7 heteroatoms. The van der Waals surface area contributed by atoms with Crippen molar-refractivity contribution in [2.75, 3.05) is 30.8 Å². The lowest BCUT2D eigenvalue weighted by molar-refractivity contribution is 0.407. The number of rotatable bonds is 8. The van der Waals surface area contributed by atoms with Gasteiger partial charge >= 0.3 is 0 Å². The summed E-state index contributed by atoms with van der Waals surface area (Å²) >= 11 is 0. The normalized spacial score (nSPS) is 11.3. The predicted molar refractivity (Wildman–Crippen MR) is 109 cm³/mol. The second-order valence-electron chi connectivity index (χ2n) is 6.26. The number of nitrogens with one attached hydrogen (secondary N) is 2. The van der Waals surface area contributed by atoms with Gasteiger partial charge in [0.25, 0.3) is 0 Å². The SMILES string of the molecule is COc1ccccc1C(C)CNc1cc(-c2ccc(NCC#N)nc2)ncn1. The molecule has 0 bridgehead atoms. The molecule has 0 radical (unpaired) electrons. The van der Waals surface area contributed by atoms with Crippen molar-refractivity contribution in [2.45, 2.75) is 12.8 Å². The van der Waals surface area contributed by atoms with Crippen LogP contribution in [-0.4, -0.2) is 35.2 Å². The van der Waals surface area contributed by atoms with Gasteiger partial charge in [-0.3, -0.25) is 0 Å². The van der Waals surface area contributed by atoms with Gasteiger partial charge in [-0.2, -0.15) is 5.26 Å². The fraction of sp³-hybridized carbons (Fsp3) is 0.238. The molecule has 2 N–H and O–H groups in total. The Balaban J connectivity index is 1.67. The molecule has 0 fully saturated rings. The highest BCUT2D eigenvalue weighted by molar-refractivity contribution is 5.62. The molecule has 1 atom stereocenters. The number of benzene rings is 1. The third kappa shape index (κ3) is 4.74. The summed E-state index contributed by atoms with van der Waals surface area (Å²) < 4.78 is 5.45. The van der Waals surface area contributed by atoms with Crippen LogP contribution < -0.4 is 15.4 Å². The molecule has 0 aliphatic heterocycles. The molecular weight excluding hydrogens is 352 g/mol. The fourth-order valence-electron chi connectivity index (χ4n) is 2.83. The quantitative estimate of drug-likeness (QED) is 0.580. The molecule has 0 aliphatic rings. The van der Waals surface area contributed by atoms with Gasteiger partial charge in [0.2, 0.25) is 0 Å². The van der Waals surface area contributed by atoms with E-state index in [1.54, 1.807) is 13.3 Å². The molecule has 0 saturated carbocycles. The van der Waals surface area contributed by atoms with E-state index in [1.165, 1.54) is 6.33 Å². The number of hydrogen-bond acceptors (Lipinski definition) is 7. The van der Waals surface area contributed by atoms with Crippen LogP contribution in [0.1, 0.15) is 18.4 Å². The molecule has 7 nitrogen and oxygen atoms in total. The number of anilines is 2. The van der Waals surface area contributed by atoms with Crippen LogP contribution in [-0.2, 0) is 0 Å². The van der Waals surface area contributed by atoms with E-state index in [4.69, 9.17) is 10.00 Å². The number of para-hydroxylation sites is 1. The van der Waals surface area contributed by atoms with Gasteiger partial charge in [0.05, 0.1) is 18.9 Å². The van der Waals surface area contributed by atoms with Gasteiger partial charge in [-0.15, -0.1) is 0 Å². The molecular formula is C21H22N6O. The summed E-state index contributed by atoms with van der Waals surface area (Å²) in [6, 6.07) is 15.7. The Bertz CT molecular complexity index is 952. The topological polar surface area (TPSA) is 95.8 Å². The minimum Gasteiger partial charge on any atom is -0.496 e. The van der Waals surface area contributed by atoms with Gasteiger partial charge in [-0.25, -0.2) is 15.0 Å². The molecule has 1 unspecified atom stereocenters. The first-order valence-electron chi connectivity index (χ1n) is 8.97. The van der Waals surface area contributed by atoms with E-state index < -0.39 is 0 Å². The van der Waals surface area contributed by atoms with Crippen molar-refractivity contribution < 1.29 is 4.74 Å². The summed E-state index contributed by atoms with van der Waals surface area (Å²) in [6.07, 6.45) is 3.26. The maximum atomic E-state index is 8.61. The summed E-state index contributed by atoms with van der Waals surface area (Å²) in [7, 11) is 1.69. The minimum absolute atomic E-state index is 0.221. The van der Waals surface area contributed by atoms with Crippen molar-refractivity contribution >= 4 is 11.6 Å². The third-order valence-corrected chi connectivity index (χ3v) is 4.33. The van der Waals surface area contributed by atoms with E-state index in [-0.39, 0.29) is 12.5 Å². The van der Waals surface area contributed by atoms with E-state index in [0.29, 0.717) is 12.4 Å². The zero-order chi connectivity index (χ0) is 19.8. The lowest BCUT2D eigenvalue weighted by Crippen LogP contribution is -2.12. The van der Waals surface area contributed by atoms with Gasteiger partial charge in [-0.1, -0.05) is 25.1 Å². The van der Waals surface area contributed by atoms with E-state index in [0.717, 1.165) is 28.4 Å². The number of aromatic nitrogens is 3. The van der Waals surface area contributed by atoms with Crippen LogP contribution in [0, 0.1) is 11.3 Å². The maximum Gasteiger partial charge on any atom is 0.129 e. The Labute approximate surface area is 164 Å². The second kappa shape index (κ2) is 9.33. The van der Waals surface area contributed by atoms with E-state index in [1.807, 2.05) is 42.5 Å². The fourth-order valence-corrected chi connectivity index (χ4v) is 2.83. The van der Waals surface area contributed by atoms with Gasteiger partial charge in [-0.05, 0) is 23.8 Å². The maximum absolute atomic E-state index is 8.61. The summed E-state index contributed by atoms with van der Waals surface area (Å²) in [5.74, 6) is 2.54. The Morgan fingerprint density at radius 1 is 1.07 bits per heavy atom. The van der Waals surface area contributed by atoms with Crippen molar-refractivity contribution in [3.05, 3.63) is 60.6 Å². The molecule has 0 spiro atoms. The Morgan fingerprint density at radius 2 is 1.93 bits per heavy atom. The van der Waals surface area contributed by atoms with Crippen LogP contribution in [0.15, 0.2) is 55.0 Å². The van der Waals surface area contributed by atoms with Crippen LogP contribution in [0.2, 0.25) is 0 Å². The van der Waals surface area contributed by atoms with Crippen molar-refractivity contribution in [1.29, 1.82) is 5.26 Å². The molecule has 0 saturated heterocycles. The smallest absolute Gasteiger partial charge is 0.129 e. The highest BCUT2D eigenvalue weighted by atomic mass is 16.5. The number of methoxy groups -OCH3 is 1. The van der Waals surface area contributed by atoms with E-state index in [9.17, 15) is 0 Å². The molecule has 3 aromatic rings. The van der Waals surface area contributed by atoms with Gasteiger partial charge < -0.3 is 15.4 Å². The van der Waals surface area contributed by atoms with Gasteiger partial charge in [0, 0.05) is 30.3 Å². The number of pyridine rings is 1. The van der Waals surface area contributed by atoms with Crippen molar-refractivity contribution in [3.8, 4) is 23.1 Å². The molecule has 0 amide bonds. The monoisotopic (exact) mass is 374 g/mol. The summed E-state index contributed by atoms with van der Waals surface area (Å²) in [5.41, 5.74) is 2.81. The van der Waals surface area contributed by atoms with Crippen LogP contribution in [0.4, 0.5) is 11.6 Å². The Kier molecular flexibility index (Phi) is 6.37. The molecule has 0 aliphatic carbocycles. The van der Waals surface area contributed by atoms with Crippen LogP contribution in [0.25, 0.3) is 11.3 Å². The van der Waals surface area contributed by atoms with E-state index in [2.05, 4.69) is 38.6 Å². The zero-order valence-corrected chi connectivity index (χ0v) is 15.9. The van der Waals surface area contributed by atoms with Crippen molar-refractivity contribution in [3.63, 3.8) is 0 Å². The molecule has 2 heterocycles. The molecule has 142 valence electrons. The standard InChI is InChI=1S/C21H22N6O/c1-15(17-5-3-4-6-19(17)28-2)12-24-21-11-18(26-14-27-21)16-7-8-20(25-13-16)23-10-9-22/h3-8,11,13-15H,10,12H2,1-2H3,(H,23,25)(H,24,26,27). The second-order valence-corrected chi connectivity index (χ2v) is 6.26. The first-order chi connectivity index (χ1) is 13.7. The molecule has 1 aromatic carbocycles. The average Bonchev–Trinajstić information content (AvgIpc) is 2.76. The molecule has 3 rings (SSSR count). The number of hydrogen-bond donors (Lipinski definition) is 2. The largest absolute Gasteiger partial charge is 0.496 e. The molecule has 28 heavy (non-hydrogen) atoms. The zero-order valence-electron chi connectivity index (χ0n) is 15.9. The Morgan fingerprint density at radius 3 is 2.68 bits per heavy atom. The van der Waals surface area contributed by atoms with Crippen molar-refractivity contribution in [1.82, 2.24) is 15.0 Å². The van der Waals surface area contributed by atoms with Crippen LogP contribution >= 0.6 is 0 Å². The van der Waals surface area contributed by atoms with Gasteiger partial charge in [0.15, 0.2) is 0 Å². The van der Waals surface area contributed by atoms with Gasteiger partial charge in [0.1, 0.15) is 30.3 Å². The summed E-state index contributed by atoms with van der Waals surface area (Å²) in [6.45, 7) is 3.08. The highest BCUT2D eigenvalue weighted by Crippen LogP contribution is 2.26. The first kappa shape index (κ1) is 19.1. The first-order valence-corrected chi connectivity index (χ1v) is 8.97. The lowest BCUT2D eigenvalue weighted by atomic mass is 10.00. The highest BCUT2D eigenvalue weighted by Gasteiger charge is 2.11. The van der Waals surface area contributed by atoms with Crippen LogP contribution in [0.3, 0.4) is 0 Å². The Hall–Kier alpha value is -3.66. The minimum atomic E-state index is 0.221. The average molecular weight is 374 g/mol. The molecule has 2 aromatic heterocycles. The third-order valence-electron chi connectivity index (χ3n) is 4.33. The summed E-state index contributed by atoms with van der Waals surface area (Å²) in [4.78, 5) is 12.9. The predicted octanol–water partition coefficient (Wildman–Crippen LogP) is 3.70. The van der Waals surface area contributed by atoms with Crippen molar-refractivity contribution in [2.24, 2.45) is 0 Å². The lowest BCUT2D eigenvalue weighted by Gasteiger charge is -2.16. The number of nitriles is 1. The van der Waals surface area contributed by atoms with Crippen LogP contribution in [0.5, 0.6) is 5.75 Å².